The van der Waals surface area contributed by atoms with Crippen molar-refractivity contribution in [2.24, 2.45) is 10.8 Å². The lowest BCUT2D eigenvalue weighted by Crippen LogP contribution is -2.53. The number of Topliss-reactive ketones (excluding diaryl/α,β-unsaturated/α-hetero) is 2. The van der Waals surface area contributed by atoms with E-state index in [1.54, 1.807) is 13.8 Å². The second-order valence-electron chi connectivity index (χ2n) is 5.66. The molecule has 21 heavy (non-hydrogen) atoms. The summed E-state index contributed by atoms with van der Waals surface area (Å²) >= 11 is 0. The first-order valence-corrected chi connectivity index (χ1v) is 7.34. The number of carbonyl (C=O) groups is 4. The van der Waals surface area contributed by atoms with E-state index in [1.807, 2.05) is 0 Å². The highest BCUT2D eigenvalue weighted by molar-refractivity contribution is 6.18. The second kappa shape index (κ2) is 5.58. The predicted octanol–water partition coefficient (Wildman–Crippen LogP) is 1.20. The Labute approximate surface area is 123 Å². The van der Waals surface area contributed by atoms with Gasteiger partial charge in [0.15, 0.2) is 11.6 Å². The Hall–Kier alpha value is -1.72. The maximum Gasteiger partial charge on any atom is 0.320 e. The van der Waals surface area contributed by atoms with Crippen molar-refractivity contribution in [1.82, 2.24) is 0 Å². The number of fused-ring (bicyclic) bond motifs is 4. The van der Waals surface area contributed by atoms with E-state index in [0.717, 1.165) is 0 Å². The van der Waals surface area contributed by atoms with Crippen LogP contribution in [0.4, 0.5) is 0 Å². The third kappa shape index (κ3) is 2.26. The highest BCUT2D eigenvalue weighted by Crippen LogP contribution is 2.51. The van der Waals surface area contributed by atoms with Gasteiger partial charge in [0.25, 0.3) is 0 Å². The predicted molar refractivity (Wildman–Crippen MR) is 71.2 cm³/mol. The van der Waals surface area contributed by atoms with Crippen LogP contribution in [0.5, 0.6) is 0 Å². The van der Waals surface area contributed by atoms with E-state index in [4.69, 9.17) is 9.47 Å². The summed E-state index contributed by atoms with van der Waals surface area (Å²) in [5, 5.41) is 0. The topological polar surface area (TPSA) is 86.7 Å². The maximum atomic E-state index is 12.5. The standard InChI is InChI=1S/C15H20O6/c1-3-20-12(18)14-6-5-7-15(9-10(14)16,11(17)8-14)13(19)21-4-2/h3-9H2,1-2H3/t14-,15+. The van der Waals surface area contributed by atoms with Crippen molar-refractivity contribution in [2.75, 3.05) is 13.2 Å². The van der Waals surface area contributed by atoms with Gasteiger partial charge in [0.05, 0.1) is 13.2 Å². The van der Waals surface area contributed by atoms with Crippen LogP contribution in [0.3, 0.4) is 0 Å². The highest BCUT2D eigenvalue weighted by Gasteiger charge is 2.63. The van der Waals surface area contributed by atoms with Gasteiger partial charge < -0.3 is 9.47 Å². The molecular formula is C15H20O6. The van der Waals surface area contributed by atoms with Crippen molar-refractivity contribution in [3.05, 3.63) is 0 Å². The Balaban J connectivity index is 2.37. The second-order valence-corrected chi connectivity index (χ2v) is 5.66. The molecule has 0 aromatic rings. The van der Waals surface area contributed by atoms with Gasteiger partial charge >= 0.3 is 11.9 Å². The fourth-order valence-corrected chi connectivity index (χ4v) is 3.35. The molecule has 0 heterocycles. The molecule has 0 N–H and O–H groups in total. The first-order chi connectivity index (χ1) is 9.93. The lowest BCUT2D eigenvalue weighted by atomic mass is 9.63. The van der Waals surface area contributed by atoms with Crippen LogP contribution in [0.15, 0.2) is 0 Å². The van der Waals surface area contributed by atoms with Crippen LogP contribution in [0.1, 0.15) is 46.0 Å². The molecule has 3 aliphatic carbocycles. The van der Waals surface area contributed by atoms with Crippen molar-refractivity contribution in [3.63, 3.8) is 0 Å². The normalized spacial score (nSPS) is 31.7. The molecule has 6 nitrogen and oxygen atoms in total. The minimum absolute atomic E-state index is 0.158. The quantitative estimate of drug-likeness (QED) is 0.572. The fraction of sp³-hybridized carbons (Fsp3) is 0.733. The molecule has 0 unspecified atom stereocenters. The molecule has 0 aromatic heterocycles. The van der Waals surface area contributed by atoms with Crippen LogP contribution in [0, 0.1) is 10.8 Å². The Morgan fingerprint density at radius 1 is 0.905 bits per heavy atom. The van der Waals surface area contributed by atoms with Crippen LogP contribution in [0.25, 0.3) is 0 Å². The van der Waals surface area contributed by atoms with Crippen LogP contribution in [-0.2, 0) is 28.7 Å². The minimum Gasteiger partial charge on any atom is -0.465 e. The van der Waals surface area contributed by atoms with Gasteiger partial charge in [-0.1, -0.05) is 6.42 Å². The van der Waals surface area contributed by atoms with Gasteiger partial charge in [-0.3, -0.25) is 19.2 Å². The molecule has 0 aliphatic heterocycles. The zero-order valence-corrected chi connectivity index (χ0v) is 12.4. The molecule has 3 rings (SSSR count). The lowest BCUT2D eigenvalue weighted by Gasteiger charge is -2.37. The maximum absolute atomic E-state index is 12.5. The van der Waals surface area contributed by atoms with Crippen molar-refractivity contribution >= 4 is 23.5 Å². The van der Waals surface area contributed by atoms with E-state index in [0.29, 0.717) is 6.42 Å². The summed E-state index contributed by atoms with van der Waals surface area (Å²) in [6.07, 6.45) is 0.483. The van der Waals surface area contributed by atoms with Crippen molar-refractivity contribution < 1.29 is 28.7 Å². The van der Waals surface area contributed by atoms with Gasteiger partial charge in [-0.2, -0.15) is 0 Å². The molecule has 3 saturated carbocycles. The zero-order valence-electron chi connectivity index (χ0n) is 12.4. The summed E-state index contributed by atoms with van der Waals surface area (Å²) in [5.74, 6) is -2.01. The Kier molecular flexibility index (Phi) is 4.16. The first kappa shape index (κ1) is 15.7. The molecule has 3 aliphatic rings. The van der Waals surface area contributed by atoms with Crippen LogP contribution in [0.2, 0.25) is 0 Å². The Bertz CT molecular complexity index is 452. The average Bonchev–Trinajstić information content (AvgIpc) is 2.67. The summed E-state index contributed by atoms with van der Waals surface area (Å²) in [6, 6.07) is 0. The molecule has 0 radical (unpaired) electrons. The summed E-state index contributed by atoms with van der Waals surface area (Å²) in [7, 11) is 0. The summed E-state index contributed by atoms with van der Waals surface area (Å²) in [6.45, 7) is 3.63. The number of hydrogen-bond donors (Lipinski definition) is 0. The Morgan fingerprint density at radius 2 is 1.29 bits per heavy atom. The molecule has 0 aromatic carbocycles. The number of ether oxygens (including phenoxy) is 2. The molecule has 3 fully saturated rings. The van der Waals surface area contributed by atoms with Crippen molar-refractivity contribution in [3.8, 4) is 0 Å². The third-order valence-electron chi connectivity index (χ3n) is 4.53. The minimum atomic E-state index is -1.39. The lowest BCUT2D eigenvalue weighted by molar-refractivity contribution is -0.174. The van der Waals surface area contributed by atoms with Gasteiger partial charge in [-0.15, -0.1) is 0 Å². The first-order valence-electron chi connectivity index (χ1n) is 7.34. The van der Waals surface area contributed by atoms with Gasteiger partial charge in [-0.05, 0) is 26.7 Å². The fourth-order valence-electron chi connectivity index (χ4n) is 3.35. The van der Waals surface area contributed by atoms with Crippen LogP contribution >= 0.6 is 0 Å². The van der Waals surface area contributed by atoms with E-state index in [-0.39, 0.29) is 50.5 Å². The van der Waals surface area contributed by atoms with E-state index in [9.17, 15) is 19.2 Å². The number of ketones is 2. The van der Waals surface area contributed by atoms with Crippen LogP contribution < -0.4 is 0 Å². The number of rotatable bonds is 4. The molecule has 6 heteroatoms. The van der Waals surface area contributed by atoms with Crippen molar-refractivity contribution in [2.45, 2.75) is 46.0 Å². The summed E-state index contributed by atoms with van der Waals surface area (Å²) in [4.78, 5) is 49.4. The number of hydrogen-bond acceptors (Lipinski definition) is 6. The largest absolute Gasteiger partial charge is 0.465 e. The average molecular weight is 296 g/mol. The van der Waals surface area contributed by atoms with Gasteiger partial charge in [-0.25, -0.2) is 0 Å². The van der Waals surface area contributed by atoms with Crippen LogP contribution in [-0.4, -0.2) is 36.7 Å². The molecule has 116 valence electrons. The molecular weight excluding hydrogens is 276 g/mol. The molecule has 0 amide bonds. The summed E-state index contributed by atoms with van der Waals surface area (Å²) < 4.78 is 9.97. The van der Waals surface area contributed by atoms with E-state index < -0.39 is 22.8 Å². The Morgan fingerprint density at radius 3 is 1.62 bits per heavy atom. The van der Waals surface area contributed by atoms with Gasteiger partial charge in [0.2, 0.25) is 0 Å². The van der Waals surface area contributed by atoms with Gasteiger partial charge in [0, 0.05) is 12.8 Å². The smallest absolute Gasteiger partial charge is 0.320 e. The monoisotopic (exact) mass is 296 g/mol. The van der Waals surface area contributed by atoms with E-state index >= 15 is 0 Å². The number of carbonyl (C=O) groups excluding carboxylic acids is 4. The highest BCUT2D eigenvalue weighted by atomic mass is 16.5. The summed E-state index contributed by atoms with van der Waals surface area (Å²) in [5.41, 5.74) is -2.78. The molecule has 0 saturated heterocycles. The van der Waals surface area contributed by atoms with Gasteiger partial charge in [0.1, 0.15) is 10.8 Å². The van der Waals surface area contributed by atoms with Crippen molar-refractivity contribution in [1.29, 1.82) is 0 Å². The zero-order chi connectivity index (χ0) is 15.7. The number of esters is 2. The third-order valence-corrected chi connectivity index (χ3v) is 4.53. The molecule has 2 bridgehead atoms. The van der Waals surface area contributed by atoms with E-state index in [1.165, 1.54) is 0 Å². The molecule has 0 spiro atoms. The molecule has 2 atom stereocenters. The van der Waals surface area contributed by atoms with E-state index in [2.05, 4.69) is 0 Å². The SMILES string of the molecule is CCOC(=O)[C@]12CCC[C@@](C(=O)OCC)(CC1=O)C(=O)C2.